The Balaban J connectivity index is 1.58. The van der Waals surface area contributed by atoms with Gasteiger partial charge in [-0.05, 0) is 38.0 Å². The monoisotopic (exact) mass is 621 g/mol. The first kappa shape index (κ1) is 29.6. The van der Waals surface area contributed by atoms with E-state index in [0.29, 0.717) is 17.0 Å². The van der Waals surface area contributed by atoms with Gasteiger partial charge in [0.25, 0.3) is 5.56 Å². The van der Waals surface area contributed by atoms with Crippen LogP contribution >= 0.6 is 11.6 Å². The van der Waals surface area contributed by atoms with Crippen molar-refractivity contribution in [2.75, 3.05) is 19.5 Å². The Bertz CT molecular complexity index is 1910. The van der Waals surface area contributed by atoms with Crippen LogP contribution in [0.1, 0.15) is 54.6 Å². The summed E-state index contributed by atoms with van der Waals surface area (Å²) in [6.45, 7) is 5.57. The molecule has 0 fully saturated rings. The van der Waals surface area contributed by atoms with Gasteiger partial charge in [-0.1, -0.05) is 30.7 Å². The van der Waals surface area contributed by atoms with Crippen molar-refractivity contribution < 1.29 is 28.5 Å². The molecule has 0 unspecified atom stereocenters. The van der Waals surface area contributed by atoms with Crippen LogP contribution in [0.15, 0.2) is 51.2 Å². The number of nitrogens with zero attached hydrogens (tertiary/aromatic N) is 2. The molecular weight excluding hydrogens is 590 g/mol. The number of methoxy groups -OCH3 is 2. The summed E-state index contributed by atoms with van der Waals surface area (Å²) in [5.74, 6) is -1.49. The lowest BCUT2D eigenvalue weighted by Gasteiger charge is -2.42. The topological polar surface area (TPSA) is 127 Å². The maximum atomic E-state index is 14.9. The molecule has 3 heterocycles. The number of Topliss-reactive ketones (excluding diaryl/α,β-unsaturated/α-hetero) is 2. The summed E-state index contributed by atoms with van der Waals surface area (Å²) in [5.41, 5.74) is -1.50. The van der Waals surface area contributed by atoms with Gasteiger partial charge in [0.2, 0.25) is 17.2 Å². The van der Waals surface area contributed by atoms with E-state index in [-0.39, 0.29) is 57.3 Å². The third kappa shape index (κ3) is 3.94. The molecule has 0 saturated carbocycles. The largest absolute Gasteiger partial charge is 0.496 e. The SMILES string of the molecule is COc1cc(OC)c2c(c1Cl)O[C@@]1(C(=O)C3=C(C[C@H]1C)Nc1c(c(=O)n(C)c(=O)n1C)[C@H]3c1ccc(OC(C)C)cc1)C2=O. The second-order valence-electron chi connectivity index (χ2n) is 11.6. The lowest BCUT2D eigenvalue weighted by Crippen LogP contribution is -2.58. The van der Waals surface area contributed by atoms with Crippen LogP contribution in [0.3, 0.4) is 0 Å². The summed E-state index contributed by atoms with van der Waals surface area (Å²) in [4.78, 5) is 56.0. The second kappa shape index (κ2) is 10.3. The Morgan fingerprint density at radius 2 is 1.66 bits per heavy atom. The number of fused-ring (bicyclic) bond motifs is 2. The predicted octanol–water partition coefficient (Wildman–Crippen LogP) is 3.98. The van der Waals surface area contributed by atoms with Crippen molar-refractivity contribution in [3.05, 3.63) is 84.2 Å². The van der Waals surface area contributed by atoms with E-state index in [2.05, 4.69) is 5.32 Å². The van der Waals surface area contributed by atoms with Gasteiger partial charge < -0.3 is 24.3 Å². The van der Waals surface area contributed by atoms with Gasteiger partial charge in [0, 0.05) is 43.3 Å². The van der Waals surface area contributed by atoms with E-state index in [1.165, 1.54) is 31.9 Å². The molecule has 0 saturated heterocycles. The number of hydrogen-bond acceptors (Lipinski definition) is 9. The zero-order valence-corrected chi connectivity index (χ0v) is 26.1. The van der Waals surface area contributed by atoms with Gasteiger partial charge >= 0.3 is 5.69 Å². The zero-order chi connectivity index (χ0) is 31.8. The lowest BCUT2D eigenvalue weighted by molar-refractivity contribution is -0.130. The quantitative estimate of drug-likeness (QED) is 0.421. The maximum Gasteiger partial charge on any atom is 0.332 e. The summed E-state index contributed by atoms with van der Waals surface area (Å²) in [5, 5.41) is 3.26. The molecule has 1 N–H and O–H groups in total. The third-order valence-corrected chi connectivity index (χ3v) is 9.02. The van der Waals surface area contributed by atoms with Gasteiger partial charge in [0.1, 0.15) is 33.7 Å². The van der Waals surface area contributed by atoms with E-state index in [1.54, 1.807) is 38.2 Å². The second-order valence-corrected chi connectivity index (χ2v) is 11.9. The molecule has 12 heteroatoms. The summed E-state index contributed by atoms with van der Waals surface area (Å²) in [6.07, 6.45) is 0.138. The van der Waals surface area contributed by atoms with Gasteiger partial charge in [-0.2, -0.15) is 0 Å². The molecule has 0 radical (unpaired) electrons. The number of ketones is 2. The molecule has 2 aromatic carbocycles. The number of rotatable bonds is 5. The van der Waals surface area contributed by atoms with Crippen LogP contribution in [0.25, 0.3) is 0 Å². The molecule has 11 nitrogen and oxygen atoms in total. The molecule has 230 valence electrons. The summed E-state index contributed by atoms with van der Waals surface area (Å²) < 4.78 is 25.4. The molecule has 1 aromatic heterocycles. The van der Waals surface area contributed by atoms with Gasteiger partial charge in [0.05, 0.1) is 25.9 Å². The highest BCUT2D eigenvalue weighted by Crippen LogP contribution is 2.56. The van der Waals surface area contributed by atoms with E-state index in [0.717, 1.165) is 4.57 Å². The van der Waals surface area contributed by atoms with E-state index in [9.17, 15) is 19.2 Å². The number of anilines is 1. The maximum absolute atomic E-state index is 14.9. The van der Waals surface area contributed by atoms with Gasteiger partial charge in [-0.3, -0.25) is 23.5 Å². The zero-order valence-electron chi connectivity index (χ0n) is 25.4. The first-order valence-electron chi connectivity index (χ1n) is 14.2. The lowest BCUT2D eigenvalue weighted by atomic mass is 9.66. The number of hydrogen-bond donors (Lipinski definition) is 1. The van der Waals surface area contributed by atoms with Crippen molar-refractivity contribution in [3.63, 3.8) is 0 Å². The minimum atomic E-state index is -1.98. The highest BCUT2D eigenvalue weighted by Gasteiger charge is 2.63. The number of halogens is 1. The first-order valence-corrected chi connectivity index (χ1v) is 14.5. The number of carbonyl (C=O) groups is 2. The number of nitrogens with one attached hydrogen (secondary N) is 1. The van der Waals surface area contributed by atoms with E-state index < -0.39 is 40.3 Å². The normalized spacial score (nSPS) is 21.9. The Kier molecular flexibility index (Phi) is 6.92. The van der Waals surface area contributed by atoms with Crippen molar-refractivity contribution in [2.24, 2.45) is 20.0 Å². The molecule has 3 atom stereocenters. The van der Waals surface area contributed by atoms with Crippen molar-refractivity contribution >= 4 is 29.0 Å². The Morgan fingerprint density at radius 1 is 1.00 bits per heavy atom. The highest BCUT2D eigenvalue weighted by molar-refractivity contribution is 6.36. The molecule has 44 heavy (non-hydrogen) atoms. The molecule has 0 bridgehead atoms. The summed E-state index contributed by atoms with van der Waals surface area (Å²) in [6, 6.07) is 8.57. The average Bonchev–Trinajstić information content (AvgIpc) is 3.32. The summed E-state index contributed by atoms with van der Waals surface area (Å²) >= 11 is 6.61. The van der Waals surface area contributed by atoms with Crippen LogP contribution < -0.4 is 35.5 Å². The first-order chi connectivity index (χ1) is 20.9. The van der Waals surface area contributed by atoms with Crippen LogP contribution in [0.5, 0.6) is 23.0 Å². The van der Waals surface area contributed by atoms with Crippen molar-refractivity contribution in [2.45, 2.75) is 44.8 Å². The fourth-order valence-corrected chi connectivity index (χ4v) is 6.80. The van der Waals surface area contributed by atoms with Gasteiger partial charge in [-0.25, -0.2) is 4.79 Å². The van der Waals surface area contributed by atoms with Gasteiger partial charge in [-0.15, -0.1) is 0 Å². The molecule has 1 aliphatic carbocycles. The molecule has 3 aliphatic rings. The van der Waals surface area contributed by atoms with Crippen LogP contribution in [0.4, 0.5) is 5.82 Å². The van der Waals surface area contributed by atoms with Crippen LogP contribution in [-0.4, -0.2) is 46.6 Å². The fraction of sp³-hybridized carbons (Fsp3) is 0.375. The number of ether oxygens (including phenoxy) is 4. The minimum Gasteiger partial charge on any atom is -0.496 e. The highest BCUT2D eigenvalue weighted by atomic mass is 35.5. The van der Waals surface area contributed by atoms with Crippen molar-refractivity contribution in [3.8, 4) is 23.0 Å². The molecule has 6 rings (SSSR count). The molecule has 3 aromatic rings. The molecule has 1 spiro atoms. The predicted molar refractivity (Wildman–Crippen MR) is 163 cm³/mol. The Hall–Kier alpha value is -4.51. The third-order valence-electron chi connectivity index (χ3n) is 8.66. The van der Waals surface area contributed by atoms with Crippen LogP contribution in [-0.2, 0) is 18.9 Å². The smallest absolute Gasteiger partial charge is 0.332 e. The van der Waals surface area contributed by atoms with E-state index in [1.807, 2.05) is 13.8 Å². The minimum absolute atomic E-state index is 0.00586. The van der Waals surface area contributed by atoms with Crippen LogP contribution in [0, 0.1) is 5.92 Å². The number of allylic oxidation sites excluding steroid dienone is 1. The number of aromatic nitrogens is 2. The standard InChI is InChI=1S/C32H32ClN3O8/c1-14(2)43-17-10-8-16(9-11-17)21-22-18(34-29-24(21)30(39)36(5)31(40)35(29)4)12-15(3)32(27(22)37)28(38)23-19(41-6)13-20(42-7)25(33)26(23)44-32/h8-11,13-15,21,34H,12H2,1-7H3/t15-,21+,32+/m1/s1. The molecule has 2 aliphatic heterocycles. The van der Waals surface area contributed by atoms with Crippen LogP contribution in [0.2, 0.25) is 5.02 Å². The van der Waals surface area contributed by atoms with Crippen molar-refractivity contribution in [1.29, 1.82) is 0 Å². The Morgan fingerprint density at radius 3 is 2.27 bits per heavy atom. The fourth-order valence-electron chi connectivity index (χ4n) is 6.53. The number of benzene rings is 2. The van der Waals surface area contributed by atoms with Gasteiger partial charge in [0.15, 0.2) is 5.75 Å². The van der Waals surface area contributed by atoms with E-state index >= 15 is 0 Å². The van der Waals surface area contributed by atoms with E-state index in [4.69, 9.17) is 30.5 Å². The number of carbonyl (C=O) groups excluding carboxylic acids is 2. The Labute approximate surface area is 257 Å². The van der Waals surface area contributed by atoms with Crippen molar-refractivity contribution in [1.82, 2.24) is 9.13 Å². The average molecular weight is 622 g/mol. The molecule has 0 amide bonds. The summed E-state index contributed by atoms with van der Waals surface area (Å²) in [7, 11) is 5.78. The molecular formula is C32H32ClN3O8.